The summed E-state index contributed by atoms with van der Waals surface area (Å²) in [5.74, 6) is -1.11. The predicted octanol–water partition coefficient (Wildman–Crippen LogP) is 2.42. The van der Waals surface area contributed by atoms with Crippen LogP contribution in [0.5, 0.6) is 5.75 Å². The number of benzene rings is 1. The maximum atomic E-state index is 13.6. The maximum Gasteiger partial charge on any atom is 0.264 e. The number of rotatable bonds is 6. The first-order valence-electron chi connectivity index (χ1n) is 5.59. The lowest BCUT2D eigenvalue weighted by atomic mass is 10.3. The summed E-state index contributed by atoms with van der Waals surface area (Å²) < 4.78 is 41.2. The van der Waals surface area contributed by atoms with Crippen LogP contribution in [0.25, 0.3) is 0 Å². The number of carbonyl (C=O) groups excluding carboxylic acids is 1. The highest BCUT2D eigenvalue weighted by molar-refractivity contribution is 9.10. The molecule has 9 heteroatoms. The van der Waals surface area contributed by atoms with E-state index < -0.39 is 19.8 Å². The number of nitrogens with one attached hydrogen (secondary N) is 1. The summed E-state index contributed by atoms with van der Waals surface area (Å²) in [5.41, 5.74) is 0. The topological polar surface area (TPSA) is 72.5 Å². The van der Waals surface area contributed by atoms with E-state index in [-0.39, 0.29) is 29.2 Å². The first-order valence-corrected chi connectivity index (χ1v) is 8.69. The monoisotopic (exact) mass is 387 g/mol. The van der Waals surface area contributed by atoms with Crippen molar-refractivity contribution in [2.24, 2.45) is 0 Å². The molecule has 1 amide bonds. The molecule has 0 spiro atoms. The van der Waals surface area contributed by atoms with Crippen molar-refractivity contribution in [3.63, 3.8) is 0 Å². The van der Waals surface area contributed by atoms with Gasteiger partial charge in [-0.05, 0) is 28.9 Å². The van der Waals surface area contributed by atoms with Gasteiger partial charge in [0.2, 0.25) is 5.91 Å². The smallest absolute Gasteiger partial charge is 0.264 e. The van der Waals surface area contributed by atoms with Crippen LogP contribution < -0.4 is 10.1 Å². The molecule has 1 rings (SSSR count). The van der Waals surface area contributed by atoms with E-state index in [4.69, 9.17) is 15.4 Å². The largest absolute Gasteiger partial charge is 0.492 e. The van der Waals surface area contributed by atoms with Gasteiger partial charge in [-0.15, -0.1) is 0 Å². The number of halogens is 3. The number of ether oxygens (including phenoxy) is 1. The maximum absolute atomic E-state index is 13.6. The minimum atomic E-state index is -4.17. The van der Waals surface area contributed by atoms with Crippen LogP contribution in [0.1, 0.15) is 13.3 Å². The van der Waals surface area contributed by atoms with Crippen molar-refractivity contribution >= 4 is 41.6 Å². The van der Waals surface area contributed by atoms with Crippen molar-refractivity contribution < 1.29 is 22.3 Å². The van der Waals surface area contributed by atoms with Gasteiger partial charge in [-0.1, -0.05) is 0 Å². The van der Waals surface area contributed by atoms with Gasteiger partial charge < -0.3 is 10.1 Å². The first-order chi connectivity index (χ1) is 9.25. The molecule has 0 aliphatic carbocycles. The van der Waals surface area contributed by atoms with Crippen molar-refractivity contribution in [3.8, 4) is 5.75 Å². The zero-order valence-corrected chi connectivity index (χ0v) is 13.6. The van der Waals surface area contributed by atoms with Crippen LogP contribution in [0.3, 0.4) is 0 Å². The van der Waals surface area contributed by atoms with Gasteiger partial charge in [0.1, 0.15) is 16.5 Å². The molecule has 112 valence electrons. The highest BCUT2D eigenvalue weighted by atomic mass is 79.9. The lowest BCUT2D eigenvalue weighted by molar-refractivity contribution is -0.121. The van der Waals surface area contributed by atoms with Gasteiger partial charge in [0, 0.05) is 23.3 Å². The molecule has 0 aliphatic heterocycles. The van der Waals surface area contributed by atoms with Crippen LogP contribution in [-0.4, -0.2) is 27.5 Å². The summed E-state index contributed by atoms with van der Waals surface area (Å²) in [7, 11) is 0.920. The Morgan fingerprint density at radius 3 is 2.70 bits per heavy atom. The standard InChI is InChI=1S/C11H12BrClFNO4S/c1-2-15-11(16)3-4-19-9-6-8(14)10(5-7(9)12)20(13,17)18/h5-6H,2-4H2,1H3,(H,15,16). The van der Waals surface area contributed by atoms with Crippen LogP contribution in [-0.2, 0) is 13.8 Å². The van der Waals surface area contributed by atoms with E-state index in [1.807, 2.05) is 0 Å². The minimum Gasteiger partial charge on any atom is -0.492 e. The van der Waals surface area contributed by atoms with Gasteiger partial charge in [-0.25, -0.2) is 12.8 Å². The summed E-state index contributed by atoms with van der Waals surface area (Å²) >= 11 is 3.06. The van der Waals surface area contributed by atoms with Gasteiger partial charge in [-0.2, -0.15) is 0 Å². The molecule has 1 N–H and O–H groups in total. The first kappa shape index (κ1) is 17.2. The molecule has 0 aromatic heterocycles. The van der Waals surface area contributed by atoms with Gasteiger partial charge in [0.15, 0.2) is 0 Å². The summed E-state index contributed by atoms with van der Waals surface area (Å²) in [6.07, 6.45) is 0.109. The fraction of sp³-hybridized carbons (Fsp3) is 0.364. The average Bonchev–Trinajstić information content (AvgIpc) is 2.32. The van der Waals surface area contributed by atoms with Gasteiger partial charge in [-0.3, -0.25) is 4.79 Å². The SMILES string of the molecule is CCNC(=O)CCOc1cc(F)c(S(=O)(=O)Cl)cc1Br. The quantitative estimate of drug-likeness (QED) is 0.760. The Kier molecular flexibility index (Phi) is 6.22. The lowest BCUT2D eigenvalue weighted by Crippen LogP contribution is -2.24. The Bertz CT molecular complexity index is 609. The van der Waals surface area contributed by atoms with Crippen LogP contribution in [0.2, 0.25) is 0 Å². The molecule has 0 saturated heterocycles. The summed E-state index contributed by atoms with van der Waals surface area (Å²) in [6, 6.07) is 1.91. The van der Waals surface area contributed by atoms with E-state index in [9.17, 15) is 17.6 Å². The van der Waals surface area contributed by atoms with Gasteiger partial charge in [0.05, 0.1) is 17.5 Å². The average molecular weight is 389 g/mol. The minimum absolute atomic E-state index is 0.0385. The molecule has 0 radical (unpaired) electrons. The number of hydrogen-bond donors (Lipinski definition) is 1. The molecule has 0 saturated carbocycles. The zero-order chi connectivity index (χ0) is 15.3. The molecular weight excluding hydrogens is 377 g/mol. The van der Waals surface area contributed by atoms with E-state index in [2.05, 4.69) is 21.2 Å². The Morgan fingerprint density at radius 1 is 1.50 bits per heavy atom. The van der Waals surface area contributed by atoms with Gasteiger partial charge >= 0.3 is 0 Å². The Labute approximate surface area is 129 Å². The van der Waals surface area contributed by atoms with E-state index in [1.54, 1.807) is 6.92 Å². The number of hydrogen-bond acceptors (Lipinski definition) is 4. The second kappa shape index (κ2) is 7.24. The Hall–Kier alpha value is -0.860. The molecule has 5 nitrogen and oxygen atoms in total. The third-order valence-corrected chi connectivity index (χ3v) is 4.17. The number of amides is 1. The van der Waals surface area contributed by atoms with E-state index in [1.165, 1.54) is 0 Å². The van der Waals surface area contributed by atoms with Crippen molar-refractivity contribution in [1.82, 2.24) is 5.32 Å². The molecule has 20 heavy (non-hydrogen) atoms. The van der Waals surface area contributed by atoms with E-state index in [0.29, 0.717) is 6.54 Å². The van der Waals surface area contributed by atoms with Crippen LogP contribution in [0, 0.1) is 5.82 Å². The second-order valence-corrected chi connectivity index (χ2v) is 7.09. The van der Waals surface area contributed by atoms with Crippen LogP contribution in [0.4, 0.5) is 4.39 Å². The molecule has 0 unspecified atom stereocenters. The molecule has 0 fully saturated rings. The third-order valence-electron chi connectivity index (χ3n) is 2.21. The molecule has 0 atom stereocenters. The fourth-order valence-electron chi connectivity index (χ4n) is 1.35. The molecule has 0 heterocycles. The zero-order valence-electron chi connectivity index (χ0n) is 10.5. The summed E-state index contributed by atoms with van der Waals surface area (Å²) in [6.45, 7) is 2.34. The number of carbonyl (C=O) groups is 1. The van der Waals surface area contributed by atoms with Crippen molar-refractivity contribution in [2.75, 3.05) is 13.2 Å². The molecule has 0 bridgehead atoms. The van der Waals surface area contributed by atoms with Crippen molar-refractivity contribution in [1.29, 1.82) is 0 Å². The summed E-state index contributed by atoms with van der Waals surface area (Å²) in [4.78, 5) is 10.6. The third kappa shape index (κ3) is 4.92. The van der Waals surface area contributed by atoms with Gasteiger partial charge in [0.25, 0.3) is 9.05 Å². The van der Waals surface area contributed by atoms with E-state index in [0.717, 1.165) is 12.1 Å². The lowest BCUT2D eigenvalue weighted by Gasteiger charge is -2.09. The Morgan fingerprint density at radius 2 is 2.15 bits per heavy atom. The van der Waals surface area contributed by atoms with E-state index >= 15 is 0 Å². The normalized spacial score (nSPS) is 11.2. The summed E-state index contributed by atoms with van der Waals surface area (Å²) in [5, 5.41) is 2.59. The molecule has 0 aliphatic rings. The van der Waals surface area contributed by atoms with Crippen molar-refractivity contribution in [2.45, 2.75) is 18.2 Å². The molecule has 1 aromatic rings. The highest BCUT2D eigenvalue weighted by Crippen LogP contribution is 2.31. The Balaban J connectivity index is 2.79. The molecular formula is C11H12BrClFNO4S. The fourth-order valence-corrected chi connectivity index (χ4v) is 2.86. The van der Waals surface area contributed by atoms with Crippen LogP contribution in [0.15, 0.2) is 21.5 Å². The van der Waals surface area contributed by atoms with Crippen molar-refractivity contribution in [3.05, 3.63) is 22.4 Å². The molecule has 1 aromatic carbocycles. The highest BCUT2D eigenvalue weighted by Gasteiger charge is 2.19. The van der Waals surface area contributed by atoms with Crippen LogP contribution >= 0.6 is 26.6 Å². The second-order valence-electron chi connectivity index (χ2n) is 3.70. The predicted molar refractivity (Wildman–Crippen MR) is 75.9 cm³/mol.